The van der Waals surface area contributed by atoms with E-state index >= 15 is 0 Å². The van der Waals surface area contributed by atoms with Crippen molar-refractivity contribution in [3.05, 3.63) is 22.4 Å². The second-order valence-corrected chi connectivity index (χ2v) is 5.03. The van der Waals surface area contributed by atoms with Crippen LogP contribution in [-0.4, -0.2) is 40.2 Å². The highest BCUT2D eigenvalue weighted by Gasteiger charge is 2.12. The third-order valence-corrected chi connectivity index (χ3v) is 3.09. The molecule has 4 nitrogen and oxygen atoms in total. The summed E-state index contributed by atoms with van der Waals surface area (Å²) < 4.78 is 2.56. The van der Waals surface area contributed by atoms with E-state index in [0.29, 0.717) is 18.3 Å². The molecule has 0 amide bonds. The molecule has 1 aromatic rings. The van der Waals surface area contributed by atoms with Gasteiger partial charge in [-0.1, -0.05) is 0 Å². The molecule has 0 bridgehead atoms. The highest BCUT2D eigenvalue weighted by Crippen LogP contribution is 2.15. The van der Waals surface area contributed by atoms with Crippen LogP contribution in [0.5, 0.6) is 0 Å². The van der Waals surface area contributed by atoms with Gasteiger partial charge < -0.3 is 14.6 Å². The number of carboxylic acids is 1. The maximum absolute atomic E-state index is 11.0. The normalized spacial score (nSPS) is 11.4. The Morgan fingerprint density at radius 2 is 2.25 bits per heavy atom. The van der Waals surface area contributed by atoms with Crippen LogP contribution in [0.25, 0.3) is 0 Å². The number of nitrogens with zero attached hydrogens (tertiary/aromatic N) is 2. The van der Waals surface area contributed by atoms with Crippen LogP contribution in [0, 0.1) is 0 Å². The van der Waals surface area contributed by atoms with Gasteiger partial charge in [0.25, 0.3) is 0 Å². The Bertz CT molecular complexity index is 374. The Morgan fingerprint density at radius 3 is 2.75 bits per heavy atom. The summed E-state index contributed by atoms with van der Waals surface area (Å²) in [5.74, 6) is -0.891. The first-order valence-electron chi connectivity index (χ1n) is 5.21. The van der Waals surface area contributed by atoms with E-state index in [9.17, 15) is 4.79 Å². The van der Waals surface area contributed by atoms with Crippen molar-refractivity contribution in [3.63, 3.8) is 0 Å². The molecule has 0 saturated heterocycles. The molecule has 90 valence electrons. The lowest BCUT2D eigenvalue weighted by Crippen LogP contribution is -2.30. The van der Waals surface area contributed by atoms with Crippen molar-refractivity contribution in [2.75, 3.05) is 13.6 Å². The molecule has 1 aromatic heterocycles. The maximum Gasteiger partial charge on any atom is 0.352 e. The molecule has 0 unspecified atom stereocenters. The van der Waals surface area contributed by atoms with E-state index in [2.05, 4.69) is 34.7 Å². The summed E-state index contributed by atoms with van der Waals surface area (Å²) in [4.78, 5) is 13.1. The van der Waals surface area contributed by atoms with Gasteiger partial charge in [-0.3, -0.25) is 0 Å². The Kier molecular flexibility index (Phi) is 4.56. The average molecular weight is 289 g/mol. The highest BCUT2D eigenvalue weighted by atomic mass is 79.9. The van der Waals surface area contributed by atoms with Gasteiger partial charge in [0.05, 0.1) is 0 Å². The number of rotatable bonds is 5. The van der Waals surface area contributed by atoms with Gasteiger partial charge in [-0.25, -0.2) is 4.79 Å². The number of likely N-dealkylation sites (N-methyl/N-ethyl adjacent to an activating group) is 1. The molecule has 1 heterocycles. The molecule has 1 rings (SSSR count). The first-order chi connectivity index (χ1) is 7.41. The molecule has 0 spiro atoms. The standard InChI is InChI=1S/C11H17BrN2O2/c1-8(2)13(3)4-5-14-7-9(12)6-10(14)11(15)16/h6-8H,4-5H2,1-3H3,(H,15,16). The Labute approximate surface area is 104 Å². The van der Waals surface area contributed by atoms with E-state index in [1.807, 2.05) is 7.05 Å². The van der Waals surface area contributed by atoms with Crippen LogP contribution in [0.4, 0.5) is 0 Å². The molecule has 0 radical (unpaired) electrons. The van der Waals surface area contributed by atoms with Gasteiger partial charge in [0, 0.05) is 29.8 Å². The van der Waals surface area contributed by atoms with Crippen molar-refractivity contribution >= 4 is 21.9 Å². The number of carboxylic acid groups (broad SMARTS) is 1. The Morgan fingerprint density at radius 1 is 1.62 bits per heavy atom. The average Bonchev–Trinajstić information content (AvgIpc) is 2.56. The van der Waals surface area contributed by atoms with Crippen LogP contribution in [0.15, 0.2) is 16.7 Å². The third-order valence-electron chi connectivity index (χ3n) is 2.66. The lowest BCUT2D eigenvalue weighted by molar-refractivity contribution is 0.0684. The summed E-state index contributed by atoms with van der Waals surface area (Å²) in [7, 11) is 2.03. The number of hydrogen-bond acceptors (Lipinski definition) is 2. The number of aromatic carboxylic acids is 1. The molecule has 0 saturated carbocycles. The predicted molar refractivity (Wildman–Crippen MR) is 66.9 cm³/mol. The highest BCUT2D eigenvalue weighted by molar-refractivity contribution is 9.10. The molecule has 0 atom stereocenters. The summed E-state index contributed by atoms with van der Waals surface area (Å²) in [6.45, 7) is 5.74. The molecule has 1 N–H and O–H groups in total. The summed E-state index contributed by atoms with van der Waals surface area (Å²) >= 11 is 3.29. The van der Waals surface area contributed by atoms with Crippen LogP contribution in [-0.2, 0) is 6.54 Å². The summed E-state index contributed by atoms with van der Waals surface area (Å²) in [5.41, 5.74) is 0.323. The zero-order valence-corrected chi connectivity index (χ0v) is 11.4. The maximum atomic E-state index is 11.0. The van der Waals surface area contributed by atoms with E-state index in [1.54, 1.807) is 16.8 Å². The van der Waals surface area contributed by atoms with Gasteiger partial charge in [0.15, 0.2) is 0 Å². The zero-order valence-electron chi connectivity index (χ0n) is 9.77. The van der Waals surface area contributed by atoms with Gasteiger partial charge in [-0.05, 0) is 42.9 Å². The first-order valence-corrected chi connectivity index (χ1v) is 6.00. The second-order valence-electron chi connectivity index (χ2n) is 4.12. The van der Waals surface area contributed by atoms with E-state index < -0.39 is 5.97 Å². The predicted octanol–water partition coefficient (Wildman–Crippen LogP) is 2.29. The number of aromatic nitrogens is 1. The summed E-state index contributed by atoms with van der Waals surface area (Å²) in [5, 5.41) is 9.00. The van der Waals surface area contributed by atoms with Crippen molar-refractivity contribution in [2.45, 2.75) is 26.4 Å². The molecule has 0 aliphatic heterocycles. The minimum atomic E-state index is -0.891. The number of halogens is 1. The van der Waals surface area contributed by atoms with Crippen molar-refractivity contribution in [3.8, 4) is 0 Å². The minimum Gasteiger partial charge on any atom is -0.477 e. The SMILES string of the molecule is CC(C)N(C)CCn1cc(Br)cc1C(=O)O. The molecular formula is C11H17BrN2O2. The fourth-order valence-corrected chi connectivity index (χ4v) is 1.83. The van der Waals surface area contributed by atoms with Crippen LogP contribution < -0.4 is 0 Å². The van der Waals surface area contributed by atoms with Gasteiger partial charge in [-0.2, -0.15) is 0 Å². The smallest absolute Gasteiger partial charge is 0.352 e. The molecule has 0 aliphatic rings. The van der Waals surface area contributed by atoms with E-state index in [4.69, 9.17) is 5.11 Å². The minimum absolute atomic E-state index is 0.323. The van der Waals surface area contributed by atoms with Gasteiger partial charge in [0.2, 0.25) is 0 Å². The van der Waals surface area contributed by atoms with Gasteiger partial charge in [-0.15, -0.1) is 0 Å². The van der Waals surface area contributed by atoms with Crippen molar-refractivity contribution in [2.24, 2.45) is 0 Å². The van der Waals surface area contributed by atoms with Gasteiger partial charge in [0.1, 0.15) is 5.69 Å². The van der Waals surface area contributed by atoms with Crippen LogP contribution in [0.1, 0.15) is 24.3 Å². The molecule has 0 aliphatic carbocycles. The van der Waals surface area contributed by atoms with Gasteiger partial charge >= 0.3 is 5.97 Å². The van der Waals surface area contributed by atoms with E-state index in [0.717, 1.165) is 11.0 Å². The fraction of sp³-hybridized carbons (Fsp3) is 0.545. The van der Waals surface area contributed by atoms with Crippen LogP contribution in [0.3, 0.4) is 0 Å². The Balaban J connectivity index is 2.70. The topological polar surface area (TPSA) is 45.5 Å². The van der Waals surface area contributed by atoms with Crippen molar-refractivity contribution in [1.29, 1.82) is 0 Å². The zero-order chi connectivity index (χ0) is 12.3. The molecular weight excluding hydrogens is 272 g/mol. The molecule has 0 fully saturated rings. The van der Waals surface area contributed by atoms with Crippen LogP contribution in [0.2, 0.25) is 0 Å². The molecule has 16 heavy (non-hydrogen) atoms. The lowest BCUT2D eigenvalue weighted by Gasteiger charge is -2.21. The second kappa shape index (κ2) is 5.50. The van der Waals surface area contributed by atoms with Crippen molar-refractivity contribution in [1.82, 2.24) is 9.47 Å². The summed E-state index contributed by atoms with van der Waals surface area (Å²) in [6, 6.07) is 2.09. The van der Waals surface area contributed by atoms with E-state index in [1.165, 1.54) is 0 Å². The lowest BCUT2D eigenvalue weighted by atomic mass is 10.3. The summed E-state index contributed by atoms with van der Waals surface area (Å²) in [6.07, 6.45) is 1.80. The van der Waals surface area contributed by atoms with Crippen molar-refractivity contribution < 1.29 is 9.90 Å². The quantitative estimate of drug-likeness (QED) is 0.904. The number of hydrogen-bond donors (Lipinski definition) is 1. The monoisotopic (exact) mass is 288 g/mol. The fourth-order valence-electron chi connectivity index (χ4n) is 1.36. The molecule has 5 heteroatoms. The third kappa shape index (κ3) is 3.35. The van der Waals surface area contributed by atoms with Crippen LogP contribution >= 0.6 is 15.9 Å². The number of carbonyl (C=O) groups is 1. The Hall–Kier alpha value is -0.810. The first kappa shape index (κ1) is 13.3. The molecule has 0 aromatic carbocycles. The largest absolute Gasteiger partial charge is 0.477 e. The van der Waals surface area contributed by atoms with E-state index in [-0.39, 0.29) is 0 Å².